The Morgan fingerprint density at radius 2 is 2.33 bits per heavy atom. The fraction of sp³-hybridized carbons (Fsp3) is 0.636. The smallest absolute Gasteiger partial charge is 0.208 e. The fourth-order valence-electron chi connectivity index (χ4n) is 1.14. The van der Waals surface area contributed by atoms with E-state index in [1.807, 2.05) is 20.8 Å². The molecule has 0 fully saturated rings. The average molecular weight is 207 g/mol. The van der Waals surface area contributed by atoms with Gasteiger partial charge in [-0.1, -0.05) is 0 Å². The molecule has 4 heteroatoms. The van der Waals surface area contributed by atoms with E-state index in [0.717, 1.165) is 18.7 Å². The Labute approximate surface area is 90.3 Å². The Balaban J connectivity index is 2.21. The molecule has 0 aliphatic carbocycles. The number of rotatable bonds is 5. The van der Waals surface area contributed by atoms with Crippen LogP contribution in [0.5, 0.6) is 0 Å². The summed E-state index contributed by atoms with van der Waals surface area (Å²) in [5.74, 6) is 1.52. The lowest BCUT2D eigenvalue weighted by atomic mass is 9.92. The van der Waals surface area contributed by atoms with Gasteiger partial charge in [0.25, 0.3) is 0 Å². The highest BCUT2D eigenvalue weighted by Gasteiger charge is 2.15. The van der Waals surface area contributed by atoms with Gasteiger partial charge in [-0.05, 0) is 33.7 Å². The Bertz CT molecular complexity index is 349. The number of hydrogen-bond acceptors (Lipinski definition) is 4. The van der Waals surface area contributed by atoms with Gasteiger partial charge in [0.2, 0.25) is 5.89 Å². The van der Waals surface area contributed by atoms with Crippen molar-refractivity contribution >= 4 is 0 Å². The molecule has 0 radical (unpaired) electrons. The van der Waals surface area contributed by atoms with Gasteiger partial charge in [0.15, 0.2) is 0 Å². The van der Waals surface area contributed by atoms with Crippen molar-refractivity contribution in [2.24, 2.45) is 5.41 Å². The molecule has 0 unspecified atom stereocenters. The van der Waals surface area contributed by atoms with E-state index in [2.05, 4.69) is 16.4 Å². The van der Waals surface area contributed by atoms with Gasteiger partial charge in [-0.2, -0.15) is 5.26 Å². The fourth-order valence-corrected chi connectivity index (χ4v) is 1.14. The summed E-state index contributed by atoms with van der Waals surface area (Å²) in [5, 5.41) is 12.0. The third kappa shape index (κ3) is 4.13. The summed E-state index contributed by atoms with van der Waals surface area (Å²) in [5.41, 5.74) is -0.264. The van der Waals surface area contributed by atoms with Gasteiger partial charge in [0.05, 0.1) is 24.2 Å². The van der Waals surface area contributed by atoms with Gasteiger partial charge in [-0.15, -0.1) is 0 Å². The molecule has 0 aromatic carbocycles. The van der Waals surface area contributed by atoms with Crippen LogP contribution in [-0.2, 0) is 6.54 Å². The van der Waals surface area contributed by atoms with Crippen molar-refractivity contribution in [1.82, 2.24) is 10.3 Å². The van der Waals surface area contributed by atoms with Crippen LogP contribution in [-0.4, -0.2) is 11.5 Å². The van der Waals surface area contributed by atoms with Crippen LogP contribution in [0.15, 0.2) is 10.6 Å². The number of nitrogens with zero attached hydrogens (tertiary/aromatic N) is 2. The molecule has 1 rings (SSSR count). The number of nitrogens with one attached hydrogen (secondary N) is 1. The highest BCUT2D eigenvalue weighted by Crippen LogP contribution is 2.17. The summed E-state index contributed by atoms with van der Waals surface area (Å²) in [6.07, 6.45) is 2.53. The maximum Gasteiger partial charge on any atom is 0.208 e. The number of oxazole rings is 1. The second kappa shape index (κ2) is 4.94. The molecule has 1 heterocycles. The third-order valence-electron chi connectivity index (χ3n) is 2.17. The van der Waals surface area contributed by atoms with Crippen LogP contribution in [0.4, 0.5) is 0 Å². The zero-order chi connectivity index (χ0) is 11.3. The first kappa shape index (κ1) is 11.7. The summed E-state index contributed by atoms with van der Waals surface area (Å²) in [7, 11) is 0. The number of aromatic nitrogens is 1. The zero-order valence-corrected chi connectivity index (χ0v) is 9.50. The Morgan fingerprint density at radius 3 is 2.87 bits per heavy atom. The normalized spacial score (nSPS) is 11.3. The highest BCUT2D eigenvalue weighted by molar-refractivity contribution is 4.93. The maximum atomic E-state index is 8.81. The first-order valence-corrected chi connectivity index (χ1v) is 5.07. The molecule has 82 valence electrons. The van der Waals surface area contributed by atoms with Crippen molar-refractivity contribution in [3.05, 3.63) is 17.8 Å². The molecule has 1 N–H and O–H groups in total. The van der Waals surface area contributed by atoms with E-state index in [4.69, 9.17) is 9.68 Å². The molecule has 1 aromatic heterocycles. The lowest BCUT2D eigenvalue weighted by Crippen LogP contribution is -2.21. The molecule has 0 amide bonds. The van der Waals surface area contributed by atoms with Crippen LogP contribution in [0, 0.1) is 23.7 Å². The lowest BCUT2D eigenvalue weighted by Gasteiger charge is -2.14. The second-order valence-electron chi connectivity index (χ2n) is 4.29. The second-order valence-corrected chi connectivity index (χ2v) is 4.29. The highest BCUT2D eigenvalue weighted by atomic mass is 16.4. The van der Waals surface area contributed by atoms with Crippen molar-refractivity contribution in [3.8, 4) is 6.07 Å². The van der Waals surface area contributed by atoms with E-state index >= 15 is 0 Å². The van der Waals surface area contributed by atoms with E-state index < -0.39 is 0 Å². The van der Waals surface area contributed by atoms with Crippen molar-refractivity contribution in [2.45, 2.75) is 33.7 Å². The molecule has 0 saturated heterocycles. The third-order valence-corrected chi connectivity index (χ3v) is 2.17. The maximum absolute atomic E-state index is 8.81. The minimum Gasteiger partial charge on any atom is -0.445 e. The van der Waals surface area contributed by atoms with E-state index in [1.165, 1.54) is 0 Å². The molecule has 0 spiro atoms. The summed E-state index contributed by atoms with van der Waals surface area (Å²) in [6.45, 7) is 7.15. The number of hydrogen-bond donors (Lipinski definition) is 1. The minimum absolute atomic E-state index is 0.264. The zero-order valence-electron chi connectivity index (χ0n) is 9.50. The van der Waals surface area contributed by atoms with Crippen LogP contribution < -0.4 is 5.32 Å². The molecular formula is C11H17N3O. The summed E-state index contributed by atoms with van der Waals surface area (Å²) >= 11 is 0. The predicted molar refractivity (Wildman–Crippen MR) is 57.0 cm³/mol. The monoisotopic (exact) mass is 207 g/mol. The first-order chi connectivity index (χ1) is 7.03. The van der Waals surface area contributed by atoms with Crippen molar-refractivity contribution in [2.75, 3.05) is 6.54 Å². The van der Waals surface area contributed by atoms with Gasteiger partial charge in [0, 0.05) is 0 Å². The van der Waals surface area contributed by atoms with E-state index in [0.29, 0.717) is 12.4 Å². The molecule has 15 heavy (non-hydrogen) atoms. The minimum atomic E-state index is -0.264. The summed E-state index contributed by atoms with van der Waals surface area (Å²) in [4.78, 5) is 4.08. The Morgan fingerprint density at radius 1 is 1.60 bits per heavy atom. The van der Waals surface area contributed by atoms with Crippen molar-refractivity contribution < 1.29 is 4.42 Å². The van der Waals surface area contributed by atoms with Crippen molar-refractivity contribution in [1.29, 1.82) is 5.26 Å². The van der Waals surface area contributed by atoms with Crippen LogP contribution in [0.25, 0.3) is 0 Å². The molecule has 0 saturated carbocycles. The first-order valence-electron chi connectivity index (χ1n) is 5.07. The van der Waals surface area contributed by atoms with Gasteiger partial charge in [-0.25, -0.2) is 4.98 Å². The van der Waals surface area contributed by atoms with Crippen LogP contribution in [0.2, 0.25) is 0 Å². The topological polar surface area (TPSA) is 61.9 Å². The summed E-state index contributed by atoms with van der Waals surface area (Å²) < 4.78 is 5.30. The molecule has 4 nitrogen and oxygen atoms in total. The van der Waals surface area contributed by atoms with Crippen LogP contribution in [0.1, 0.15) is 31.9 Å². The molecule has 1 aromatic rings. The standard InChI is InChI=1S/C11H17N3O/c1-9-6-14-10(15-9)7-13-5-4-11(2,3)8-12/h6,13H,4-5,7H2,1-3H3. The number of nitriles is 1. The molecular weight excluding hydrogens is 190 g/mol. The van der Waals surface area contributed by atoms with Gasteiger partial charge < -0.3 is 9.73 Å². The molecule has 0 aliphatic rings. The Kier molecular flexibility index (Phi) is 3.87. The van der Waals surface area contributed by atoms with Gasteiger partial charge >= 0.3 is 0 Å². The molecule has 0 aliphatic heterocycles. The lowest BCUT2D eigenvalue weighted by molar-refractivity contribution is 0.407. The van der Waals surface area contributed by atoms with E-state index in [-0.39, 0.29) is 5.41 Å². The predicted octanol–water partition coefficient (Wildman–Crippen LogP) is 2.01. The largest absolute Gasteiger partial charge is 0.445 e. The quantitative estimate of drug-likeness (QED) is 0.750. The Hall–Kier alpha value is -1.34. The van der Waals surface area contributed by atoms with Crippen LogP contribution >= 0.6 is 0 Å². The number of aryl methyl sites for hydroxylation is 1. The average Bonchev–Trinajstić information content (AvgIpc) is 2.59. The summed E-state index contributed by atoms with van der Waals surface area (Å²) in [6, 6.07) is 2.27. The molecule has 0 bridgehead atoms. The SMILES string of the molecule is Cc1cnc(CNCCC(C)(C)C#N)o1. The van der Waals surface area contributed by atoms with Gasteiger partial charge in [-0.3, -0.25) is 0 Å². The van der Waals surface area contributed by atoms with Gasteiger partial charge in [0.1, 0.15) is 5.76 Å². The van der Waals surface area contributed by atoms with E-state index in [9.17, 15) is 0 Å². The van der Waals surface area contributed by atoms with Crippen LogP contribution in [0.3, 0.4) is 0 Å². The van der Waals surface area contributed by atoms with Crippen molar-refractivity contribution in [3.63, 3.8) is 0 Å². The van der Waals surface area contributed by atoms with E-state index in [1.54, 1.807) is 6.20 Å². The molecule has 0 atom stereocenters.